The van der Waals surface area contributed by atoms with Crippen molar-refractivity contribution in [3.63, 3.8) is 0 Å². The zero-order valence-corrected chi connectivity index (χ0v) is 11.7. The molecule has 106 valence electrons. The van der Waals surface area contributed by atoms with Gasteiger partial charge in [-0.1, -0.05) is 6.92 Å². The summed E-state index contributed by atoms with van der Waals surface area (Å²) < 4.78 is 39.1. The summed E-state index contributed by atoms with van der Waals surface area (Å²) in [4.78, 5) is -0.0398. The number of aryl methyl sites for hydroxylation is 1. The Hall–Kier alpha value is -1.18. The molecule has 0 amide bonds. The van der Waals surface area contributed by atoms with Gasteiger partial charge in [0.2, 0.25) is 10.0 Å². The van der Waals surface area contributed by atoms with E-state index >= 15 is 0 Å². The zero-order valence-electron chi connectivity index (χ0n) is 10.9. The normalized spacial score (nSPS) is 19.2. The summed E-state index contributed by atoms with van der Waals surface area (Å²) in [5.74, 6) is -0.604. The summed E-state index contributed by atoms with van der Waals surface area (Å²) in [7, 11) is -3.72. The van der Waals surface area contributed by atoms with Gasteiger partial charge in [-0.25, -0.2) is 12.8 Å². The number of nitrogens with zero attached hydrogens (tertiary/aromatic N) is 1. The van der Waals surface area contributed by atoms with Crippen molar-refractivity contribution in [3.05, 3.63) is 23.5 Å². The molecule has 0 radical (unpaired) electrons. The predicted octanol–water partition coefficient (Wildman–Crippen LogP) is 0.862. The van der Waals surface area contributed by atoms with Crippen molar-refractivity contribution in [2.75, 3.05) is 18.8 Å². The number of nitrogen functional groups attached to an aromatic ring is 1. The number of halogens is 1. The third kappa shape index (κ3) is 2.33. The van der Waals surface area contributed by atoms with Crippen LogP contribution in [0.4, 0.5) is 10.1 Å². The first-order valence-corrected chi connectivity index (χ1v) is 7.42. The number of rotatable bonds is 3. The van der Waals surface area contributed by atoms with Gasteiger partial charge in [-0.15, -0.1) is 0 Å². The van der Waals surface area contributed by atoms with Gasteiger partial charge in [0.15, 0.2) is 0 Å². The molecule has 7 heteroatoms. The number of aliphatic hydroxyl groups is 1. The van der Waals surface area contributed by atoms with Crippen LogP contribution in [0.1, 0.15) is 18.9 Å². The fraction of sp³-hybridized carbons (Fsp3) is 0.500. The van der Waals surface area contributed by atoms with Crippen molar-refractivity contribution in [1.29, 1.82) is 0 Å². The lowest BCUT2D eigenvalue weighted by atomic mass is 9.94. The van der Waals surface area contributed by atoms with Crippen LogP contribution in [0.5, 0.6) is 0 Å². The number of nitrogens with two attached hydrogens (primary N) is 1. The van der Waals surface area contributed by atoms with Crippen molar-refractivity contribution < 1.29 is 17.9 Å². The van der Waals surface area contributed by atoms with E-state index in [2.05, 4.69) is 0 Å². The monoisotopic (exact) mass is 288 g/mol. The molecule has 1 aliphatic heterocycles. The highest BCUT2D eigenvalue weighted by Crippen LogP contribution is 2.31. The minimum absolute atomic E-state index is 0.0398. The average molecular weight is 288 g/mol. The molecule has 1 aromatic rings. The number of β-amino-alcohol motifs (C(OH)–C–C–N with tert-alkyl or cyclic N) is 1. The van der Waals surface area contributed by atoms with E-state index in [0.29, 0.717) is 6.42 Å². The molecule has 0 aliphatic carbocycles. The van der Waals surface area contributed by atoms with Crippen LogP contribution in [0.25, 0.3) is 0 Å². The maximum Gasteiger partial charge on any atom is 0.243 e. The van der Waals surface area contributed by atoms with Crippen LogP contribution in [0.2, 0.25) is 0 Å². The highest BCUT2D eigenvalue weighted by atomic mass is 32.2. The smallest absolute Gasteiger partial charge is 0.243 e. The van der Waals surface area contributed by atoms with Crippen LogP contribution in [0, 0.1) is 12.7 Å². The maximum absolute atomic E-state index is 13.4. The van der Waals surface area contributed by atoms with E-state index in [9.17, 15) is 17.9 Å². The van der Waals surface area contributed by atoms with Gasteiger partial charge in [0.05, 0.1) is 16.2 Å². The molecule has 0 spiro atoms. The Morgan fingerprint density at radius 1 is 1.47 bits per heavy atom. The molecule has 2 rings (SSSR count). The largest absolute Gasteiger partial charge is 0.396 e. The Morgan fingerprint density at radius 3 is 2.53 bits per heavy atom. The second kappa shape index (κ2) is 4.43. The molecule has 0 aromatic heterocycles. The van der Waals surface area contributed by atoms with Crippen molar-refractivity contribution in [1.82, 2.24) is 4.31 Å². The van der Waals surface area contributed by atoms with Gasteiger partial charge >= 0.3 is 0 Å². The van der Waals surface area contributed by atoms with Crippen molar-refractivity contribution in [2.24, 2.45) is 0 Å². The van der Waals surface area contributed by atoms with Gasteiger partial charge in [0.25, 0.3) is 0 Å². The average Bonchev–Trinajstić information content (AvgIpc) is 2.31. The van der Waals surface area contributed by atoms with E-state index in [-0.39, 0.29) is 29.2 Å². The lowest BCUT2D eigenvalue weighted by Gasteiger charge is -2.44. The summed E-state index contributed by atoms with van der Waals surface area (Å²) in [6, 6.07) is 2.37. The molecule has 19 heavy (non-hydrogen) atoms. The minimum atomic E-state index is -3.72. The Morgan fingerprint density at radius 2 is 2.05 bits per heavy atom. The summed E-state index contributed by atoms with van der Waals surface area (Å²) in [6.07, 6.45) is 0.490. The van der Waals surface area contributed by atoms with E-state index in [1.807, 2.05) is 0 Å². The summed E-state index contributed by atoms with van der Waals surface area (Å²) in [5.41, 5.74) is 4.49. The van der Waals surface area contributed by atoms with Crippen LogP contribution in [-0.2, 0) is 10.0 Å². The highest BCUT2D eigenvalue weighted by Gasteiger charge is 2.46. The second-order valence-corrected chi connectivity index (χ2v) is 6.93. The van der Waals surface area contributed by atoms with Crippen LogP contribution in [0.15, 0.2) is 17.0 Å². The molecule has 1 saturated heterocycles. The first kappa shape index (κ1) is 14.2. The Labute approximate surface area is 111 Å². The van der Waals surface area contributed by atoms with E-state index in [1.54, 1.807) is 6.92 Å². The number of sulfonamides is 1. The number of anilines is 1. The van der Waals surface area contributed by atoms with Gasteiger partial charge in [0, 0.05) is 13.1 Å². The molecule has 0 bridgehead atoms. The minimum Gasteiger partial charge on any atom is -0.396 e. The molecule has 1 aliphatic rings. The van der Waals surface area contributed by atoms with Crippen LogP contribution in [0.3, 0.4) is 0 Å². The fourth-order valence-corrected chi connectivity index (χ4v) is 3.78. The highest BCUT2D eigenvalue weighted by molar-refractivity contribution is 7.89. The van der Waals surface area contributed by atoms with Gasteiger partial charge in [-0.05, 0) is 31.0 Å². The summed E-state index contributed by atoms with van der Waals surface area (Å²) >= 11 is 0. The van der Waals surface area contributed by atoms with Gasteiger partial charge < -0.3 is 10.8 Å². The molecule has 1 fully saturated rings. The second-order valence-electron chi connectivity index (χ2n) is 4.99. The van der Waals surface area contributed by atoms with E-state index in [4.69, 9.17) is 5.73 Å². The Balaban J connectivity index is 2.32. The van der Waals surface area contributed by atoms with Gasteiger partial charge in [0.1, 0.15) is 5.82 Å². The van der Waals surface area contributed by atoms with E-state index in [1.165, 1.54) is 17.3 Å². The van der Waals surface area contributed by atoms with E-state index in [0.717, 1.165) is 6.07 Å². The first-order chi connectivity index (χ1) is 8.69. The first-order valence-electron chi connectivity index (χ1n) is 5.98. The molecule has 1 heterocycles. The van der Waals surface area contributed by atoms with Crippen LogP contribution < -0.4 is 5.73 Å². The van der Waals surface area contributed by atoms with Gasteiger partial charge in [-0.2, -0.15) is 4.31 Å². The van der Waals surface area contributed by atoms with Crippen molar-refractivity contribution in [3.8, 4) is 0 Å². The van der Waals surface area contributed by atoms with Crippen LogP contribution in [-0.4, -0.2) is 36.5 Å². The standard InChI is InChI=1S/C12H17FN2O3S/c1-3-12(16)6-15(7-12)19(17,18)9-4-8(2)11(13)10(14)5-9/h4-5,16H,3,6-7,14H2,1-2H3. The molecule has 0 saturated carbocycles. The number of benzene rings is 1. The van der Waals surface area contributed by atoms with Crippen molar-refractivity contribution >= 4 is 15.7 Å². The number of hydrogen-bond donors (Lipinski definition) is 2. The molecule has 1 aromatic carbocycles. The number of hydrogen-bond acceptors (Lipinski definition) is 4. The third-order valence-electron chi connectivity index (χ3n) is 3.49. The molecular formula is C12H17FN2O3S. The topological polar surface area (TPSA) is 83.6 Å². The lowest BCUT2D eigenvalue weighted by Crippen LogP contribution is -2.62. The van der Waals surface area contributed by atoms with Crippen LogP contribution >= 0.6 is 0 Å². The fourth-order valence-electron chi connectivity index (χ4n) is 2.06. The Kier molecular flexibility index (Phi) is 3.32. The Bertz CT molecular complexity index is 586. The van der Waals surface area contributed by atoms with Crippen molar-refractivity contribution in [2.45, 2.75) is 30.8 Å². The maximum atomic E-state index is 13.4. The molecule has 0 atom stereocenters. The third-order valence-corrected chi connectivity index (χ3v) is 5.26. The lowest BCUT2D eigenvalue weighted by molar-refractivity contribution is -0.0613. The molecule has 3 N–H and O–H groups in total. The molecular weight excluding hydrogens is 271 g/mol. The summed E-state index contributed by atoms with van der Waals surface area (Å²) in [6.45, 7) is 3.37. The molecule has 0 unspecified atom stereocenters. The zero-order chi connectivity index (χ0) is 14.4. The quantitative estimate of drug-likeness (QED) is 0.808. The SMILES string of the molecule is CCC1(O)CN(S(=O)(=O)c2cc(C)c(F)c(N)c2)C1. The van der Waals surface area contributed by atoms with Gasteiger partial charge in [-0.3, -0.25) is 0 Å². The summed E-state index contributed by atoms with van der Waals surface area (Å²) in [5, 5.41) is 9.86. The molecule has 5 nitrogen and oxygen atoms in total. The van der Waals surface area contributed by atoms with E-state index < -0.39 is 21.4 Å². The predicted molar refractivity (Wildman–Crippen MR) is 69.5 cm³/mol.